The highest BCUT2D eigenvalue weighted by molar-refractivity contribution is 9.13. The number of para-hydroxylation sites is 1. The molecule has 4 nitrogen and oxygen atoms in total. The second-order valence-electron chi connectivity index (χ2n) is 3.72. The van der Waals surface area contributed by atoms with Crippen molar-refractivity contribution in [2.75, 3.05) is 12.4 Å². The van der Waals surface area contributed by atoms with Crippen LogP contribution in [0.1, 0.15) is 20.0 Å². The second kappa shape index (κ2) is 6.51. The Balaban J connectivity index is 2.26. The first kappa shape index (κ1) is 15.2. The van der Waals surface area contributed by atoms with Crippen LogP contribution in [-0.2, 0) is 4.74 Å². The first-order chi connectivity index (χ1) is 9.52. The lowest BCUT2D eigenvalue weighted by Crippen LogP contribution is -2.14. The van der Waals surface area contributed by atoms with Crippen LogP contribution in [0, 0.1) is 0 Å². The molecule has 20 heavy (non-hydrogen) atoms. The van der Waals surface area contributed by atoms with Crippen LogP contribution in [0.2, 0.25) is 0 Å². The number of nitrogens with one attached hydrogen (secondary N) is 1. The highest BCUT2D eigenvalue weighted by Crippen LogP contribution is 2.32. The van der Waals surface area contributed by atoms with Crippen molar-refractivity contribution in [2.24, 2.45) is 0 Å². The Kier molecular flexibility index (Phi) is 4.95. The monoisotopic (exact) mass is 417 g/mol. The fourth-order valence-electron chi connectivity index (χ4n) is 1.52. The van der Waals surface area contributed by atoms with Crippen molar-refractivity contribution in [2.45, 2.75) is 0 Å². The number of hydrogen-bond acceptors (Lipinski definition) is 4. The predicted octanol–water partition coefficient (Wildman–Crippen LogP) is 4.31. The summed E-state index contributed by atoms with van der Waals surface area (Å²) < 4.78 is 6.34. The maximum atomic E-state index is 12.1. The Morgan fingerprint density at radius 2 is 1.95 bits per heavy atom. The van der Waals surface area contributed by atoms with E-state index >= 15 is 0 Å². The average Bonchev–Trinajstić information content (AvgIpc) is 2.78. The number of carbonyl (C=O) groups excluding carboxylic acids is 2. The van der Waals surface area contributed by atoms with Crippen LogP contribution in [0.25, 0.3) is 0 Å². The molecule has 0 saturated heterocycles. The summed E-state index contributed by atoms with van der Waals surface area (Å²) in [5.41, 5.74) is 0.739. The first-order valence-electron chi connectivity index (χ1n) is 5.46. The Morgan fingerprint density at radius 3 is 2.55 bits per heavy atom. The second-order valence-corrected chi connectivity index (χ2v) is 6.95. The van der Waals surface area contributed by atoms with Gasteiger partial charge in [0, 0.05) is 4.47 Å². The minimum atomic E-state index is -0.491. The zero-order valence-electron chi connectivity index (χ0n) is 10.3. The van der Waals surface area contributed by atoms with Gasteiger partial charge in [0.25, 0.3) is 5.91 Å². The number of hydrogen-bond donors (Lipinski definition) is 1. The summed E-state index contributed by atoms with van der Waals surface area (Å²) in [6.07, 6.45) is 0. The number of anilines is 1. The molecule has 2 rings (SSSR count). The third kappa shape index (κ3) is 3.28. The fourth-order valence-corrected chi connectivity index (χ4v) is 3.45. The molecule has 0 aliphatic carbocycles. The highest BCUT2D eigenvalue weighted by Gasteiger charge is 2.16. The number of carbonyl (C=O) groups is 2. The van der Waals surface area contributed by atoms with Gasteiger partial charge in [0.05, 0.1) is 27.0 Å². The van der Waals surface area contributed by atoms with Crippen LogP contribution >= 0.6 is 43.2 Å². The topological polar surface area (TPSA) is 55.4 Å². The van der Waals surface area contributed by atoms with Crippen molar-refractivity contribution < 1.29 is 14.3 Å². The van der Waals surface area contributed by atoms with Crippen LogP contribution in [0.3, 0.4) is 0 Å². The summed E-state index contributed by atoms with van der Waals surface area (Å²) in [7, 11) is 1.30. The van der Waals surface area contributed by atoms with Gasteiger partial charge in [0.1, 0.15) is 0 Å². The van der Waals surface area contributed by atoms with E-state index in [0.29, 0.717) is 16.1 Å². The van der Waals surface area contributed by atoms with Gasteiger partial charge in [-0.1, -0.05) is 12.1 Å². The van der Waals surface area contributed by atoms with Gasteiger partial charge in [-0.2, -0.15) is 0 Å². The molecule has 7 heteroatoms. The summed E-state index contributed by atoms with van der Waals surface area (Å²) >= 11 is 7.97. The standard InChI is InChI=1S/C13H9Br2NO3S/c1-19-13(18)7-4-2-3-5-9(7)16-12(17)10-6-8(14)11(15)20-10/h2-6H,1H3,(H,16,17). The molecule has 1 aromatic heterocycles. The van der Waals surface area contributed by atoms with E-state index < -0.39 is 5.97 Å². The smallest absolute Gasteiger partial charge is 0.339 e. The molecule has 0 unspecified atom stereocenters. The molecule has 0 fully saturated rings. The Bertz CT molecular complexity index is 650. The van der Waals surface area contributed by atoms with Crippen molar-refractivity contribution in [3.8, 4) is 0 Å². The van der Waals surface area contributed by atoms with Gasteiger partial charge in [-0.05, 0) is 50.1 Å². The minimum Gasteiger partial charge on any atom is -0.465 e. The van der Waals surface area contributed by atoms with E-state index in [1.807, 2.05) is 0 Å². The van der Waals surface area contributed by atoms with E-state index in [1.54, 1.807) is 30.3 Å². The summed E-state index contributed by atoms with van der Waals surface area (Å²) in [5, 5.41) is 2.71. The van der Waals surface area contributed by atoms with E-state index in [-0.39, 0.29) is 5.91 Å². The molecular weight excluding hydrogens is 410 g/mol. The van der Waals surface area contributed by atoms with Crippen LogP contribution in [0.4, 0.5) is 5.69 Å². The number of rotatable bonds is 3. The van der Waals surface area contributed by atoms with Crippen LogP contribution in [0.15, 0.2) is 38.6 Å². The third-order valence-electron chi connectivity index (χ3n) is 2.45. The largest absolute Gasteiger partial charge is 0.465 e. The van der Waals surface area contributed by atoms with Crippen LogP contribution in [-0.4, -0.2) is 19.0 Å². The molecule has 0 aliphatic heterocycles. The number of ether oxygens (including phenoxy) is 1. The summed E-state index contributed by atoms with van der Waals surface area (Å²) in [4.78, 5) is 24.3. The van der Waals surface area contributed by atoms with Crippen molar-refractivity contribution in [3.05, 3.63) is 49.0 Å². The summed E-state index contributed by atoms with van der Waals surface area (Å²) in [5.74, 6) is -0.771. The molecule has 1 heterocycles. The summed E-state index contributed by atoms with van der Waals surface area (Å²) in [6, 6.07) is 8.41. The molecule has 104 valence electrons. The number of esters is 1. The molecule has 2 aromatic rings. The van der Waals surface area contributed by atoms with Crippen LogP contribution in [0.5, 0.6) is 0 Å². The van der Waals surface area contributed by atoms with Gasteiger partial charge in [-0.15, -0.1) is 11.3 Å². The van der Waals surface area contributed by atoms with Crippen molar-refractivity contribution in [3.63, 3.8) is 0 Å². The normalized spacial score (nSPS) is 10.2. The number of methoxy groups -OCH3 is 1. The number of thiophene rings is 1. The van der Waals surface area contributed by atoms with E-state index in [4.69, 9.17) is 0 Å². The van der Waals surface area contributed by atoms with E-state index in [0.717, 1.165) is 8.26 Å². The lowest BCUT2D eigenvalue weighted by atomic mass is 10.2. The number of amides is 1. The van der Waals surface area contributed by atoms with Gasteiger partial charge in [-0.25, -0.2) is 4.79 Å². The quantitative estimate of drug-likeness (QED) is 0.755. The summed E-state index contributed by atoms with van der Waals surface area (Å²) in [6.45, 7) is 0. The fraction of sp³-hybridized carbons (Fsp3) is 0.0769. The molecule has 1 aromatic carbocycles. The molecule has 0 aliphatic rings. The molecule has 1 amide bonds. The van der Waals surface area contributed by atoms with Crippen LogP contribution < -0.4 is 5.32 Å². The van der Waals surface area contributed by atoms with Gasteiger partial charge in [0.2, 0.25) is 0 Å². The van der Waals surface area contributed by atoms with Gasteiger partial charge in [-0.3, -0.25) is 4.79 Å². The number of benzene rings is 1. The SMILES string of the molecule is COC(=O)c1ccccc1NC(=O)c1cc(Br)c(Br)s1. The van der Waals surface area contributed by atoms with Crippen molar-refractivity contribution in [1.29, 1.82) is 0 Å². The maximum Gasteiger partial charge on any atom is 0.339 e. The lowest BCUT2D eigenvalue weighted by Gasteiger charge is -2.08. The zero-order valence-corrected chi connectivity index (χ0v) is 14.3. The van der Waals surface area contributed by atoms with Gasteiger partial charge >= 0.3 is 5.97 Å². The molecule has 0 saturated carbocycles. The number of halogens is 2. The van der Waals surface area contributed by atoms with E-state index in [1.165, 1.54) is 18.4 Å². The average molecular weight is 419 g/mol. The van der Waals surface area contributed by atoms with Crippen molar-refractivity contribution >= 4 is 60.8 Å². The first-order valence-corrected chi connectivity index (χ1v) is 7.86. The zero-order chi connectivity index (χ0) is 14.7. The Hall–Kier alpha value is -1.18. The molecule has 0 radical (unpaired) electrons. The molecule has 1 N–H and O–H groups in total. The molecule has 0 spiro atoms. The minimum absolute atomic E-state index is 0.280. The molecule has 0 bridgehead atoms. The van der Waals surface area contributed by atoms with Gasteiger partial charge < -0.3 is 10.1 Å². The Morgan fingerprint density at radius 1 is 1.25 bits per heavy atom. The highest BCUT2D eigenvalue weighted by atomic mass is 79.9. The lowest BCUT2D eigenvalue weighted by molar-refractivity contribution is 0.0602. The Labute approximate surface area is 136 Å². The van der Waals surface area contributed by atoms with E-state index in [9.17, 15) is 9.59 Å². The molecular formula is C13H9Br2NO3S. The van der Waals surface area contributed by atoms with Crippen molar-refractivity contribution in [1.82, 2.24) is 0 Å². The third-order valence-corrected chi connectivity index (χ3v) is 5.70. The maximum absolute atomic E-state index is 12.1. The van der Waals surface area contributed by atoms with Gasteiger partial charge in [0.15, 0.2) is 0 Å². The predicted molar refractivity (Wildman–Crippen MR) is 85.5 cm³/mol. The van der Waals surface area contributed by atoms with E-state index in [2.05, 4.69) is 41.9 Å². The molecule has 0 atom stereocenters.